The van der Waals surface area contributed by atoms with Crippen LogP contribution in [0.4, 0.5) is 0 Å². The van der Waals surface area contributed by atoms with Gasteiger partial charge in [-0.25, -0.2) is 0 Å². The minimum atomic E-state index is -0.829. The summed E-state index contributed by atoms with van der Waals surface area (Å²) in [5.41, 5.74) is 1.21. The van der Waals surface area contributed by atoms with Gasteiger partial charge in [0.25, 0.3) is 0 Å². The first kappa shape index (κ1) is 12.6. The Labute approximate surface area is 98.1 Å². The van der Waals surface area contributed by atoms with Crippen molar-refractivity contribution < 1.29 is 9.90 Å². The lowest BCUT2D eigenvalue weighted by Crippen LogP contribution is -2.12. The lowest BCUT2D eigenvalue weighted by molar-refractivity contribution is -0.140. The molecule has 5 nitrogen and oxygen atoms in total. The lowest BCUT2D eigenvalue weighted by atomic mass is 10.2. The summed E-state index contributed by atoms with van der Waals surface area (Å²) in [6, 6.07) is 2.09. The standard InChI is InChI=1S/C10H13N3O2S/c1-6(10(14)15)5-16-9-8(4-11)7(2)12-13(9)3/h6H,5H2,1-3H3,(H,14,15). The number of aliphatic carboxylic acids is 1. The van der Waals surface area contributed by atoms with E-state index in [2.05, 4.69) is 11.2 Å². The molecule has 1 rings (SSSR count). The van der Waals surface area contributed by atoms with Gasteiger partial charge in [0.15, 0.2) is 0 Å². The third-order valence-electron chi connectivity index (χ3n) is 2.17. The van der Waals surface area contributed by atoms with Crippen LogP contribution in [0.1, 0.15) is 18.2 Å². The molecule has 0 fully saturated rings. The van der Waals surface area contributed by atoms with Crippen LogP contribution >= 0.6 is 11.8 Å². The SMILES string of the molecule is Cc1nn(C)c(SCC(C)C(=O)O)c1C#N. The second-order valence-corrected chi connectivity index (χ2v) is 4.56. The van der Waals surface area contributed by atoms with E-state index in [1.54, 1.807) is 25.6 Å². The minimum absolute atomic E-state index is 0.434. The molecule has 86 valence electrons. The number of carbonyl (C=O) groups is 1. The molecule has 0 radical (unpaired) electrons. The fraction of sp³-hybridized carbons (Fsp3) is 0.500. The average Bonchev–Trinajstić information content (AvgIpc) is 2.48. The highest BCUT2D eigenvalue weighted by Crippen LogP contribution is 2.25. The molecule has 6 heteroatoms. The monoisotopic (exact) mass is 239 g/mol. The summed E-state index contributed by atoms with van der Waals surface area (Å²) in [5, 5.41) is 22.6. The van der Waals surface area contributed by atoms with Crippen LogP contribution in [0.2, 0.25) is 0 Å². The first-order chi connectivity index (χ1) is 7.47. The number of aryl methyl sites for hydroxylation is 2. The zero-order chi connectivity index (χ0) is 12.3. The van der Waals surface area contributed by atoms with Crippen molar-refractivity contribution in [3.05, 3.63) is 11.3 Å². The third kappa shape index (κ3) is 2.55. The maximum absolute atomic E-state index is 10.7. The maximum Gasteiger partial charge on any atom is 0.307 e. The summed E-state index contributed by atoms with van der Waals surface area (Å²) in [6.45, 7) is 3.41. The van der Waals surface area contributed by atoms with Crippen LogP contribution in [-0.2, 0) is 11.8 Å². The Morgan fingerprint density at radius 1 is 1.75 bits per heavy atom. The molecule has 1 N–H and O–H groups in total. The maximum atomic E-state index is 10.7. The molecule has 0 saturated carbocycles. The number of thioether (sulfide) groups is 1. The summed E-state index contributed by atoms with van der Waals surface area (Å²) < 4.78 is 1.62. The van der Waals surface area contributed by atoms with Crippen LogP contribution in [0.3, 0.4) is 0 Å². The van der Waals surface area contributed by atoms with Crippen LogP contribution < -0.4 is 0 Å². The molecule has 0 amide bonds. The predicted molar refractivity (Wildman–Crippen MR) is 60.2 cm³/mol. The second-order valence-electron chi connectivity index (χ2n) is 3.55. The molecular weight excluding hydrogens is 226 g/mol. The molecule has 0 bridgehead atoms. The fourth-order valence-electron chi connectivity index (χ4n) is 1.21. The molecule has 1 heterocycles. The van der Waals surface area contributed by atoms with E-state index in [9.17, 15) is 4.79 Å². The number of rotatable bonds is 4. The van der Waals surface area contributed by atoms with E-state index in [-0.39, 0.29) is 0 Å². The van der Waals surface area contributed by atoms with Crippen LogP contribution in [0.25, 0.3) is 0 Å². The van der Waals surface area contributed by atoms with Crippen molar-refractivity contribution in [3.8, 4) is 6.07 Å². The molecule has 16 heavy (non-hydrogen) atoms. The Morgan fingerprint density at radius 2 is 2.38 bits per heavy atom. The molecular formula is C10H13N3O2S. The van der Waals surface area contributed by atoms with Gasteiger partial charge in [0.05, 0.1) is 11.6 Å². The molecule has 1 atom stereocenters. The Hall–Kier alpha value is -1.48. The molecule has 0 aliphatic carbocycles. The number of hydrogen-bond acceptors (Lipinski definition) is 4. The molecule has 1 unspecified atom stereocenters. The Morgan fingerprint density at radius 3 is 2.88 bits per heavy atom. The van der Waals surface area contributed by atoms with Crippen LogP contribution in [0, 0.1) is 24.2 Å². The fourth-order valence-corrected chi connectivity index (χ4v) is 2.32. The van der Waals surface area contributed by atoms with Crippen molar-refractivity contribution in [2.75, 3.05) is 5.75 Å². The zero-order valence-corrected chi connectivity index (χ0v) is 10.2. The highest BCUT2D eigenvalue weighted by molar-refractivity contribution is 7.99. The number of aromatic nitrogens is 2. The molecule has 0 saturated heterocycles. The van der Waals surface area contributed by atoms with Gasteiger partial charge in [-0.15, -0.1) is 11.8 Å². The van der Waals surface area contributed by atoms with E-state index in [1.807, 2.05) is 0 Å². The zero-order valence-electron chi connectivity index (χ0n) is 9.39. The van der Waals surface area contributed by atoms with Gasteiger partial charge in [0.1, 0.15) is 16.7 Å². The van der Waals surface area contributed by atoms with E-state index in [0.29, 0.717) is 17.0 Å². The van der Waals surface area contributed by atoms with Gasteiger partial charge in [-0.2, -0.15) is 10.4 Å². The third-order valence-corrected chi connectivity index (χ3v) is 3.58. The quantitative estimate of drug-likeness (QED) is 0.804. The van der Waals surface area contributed by atoms with Gasteiger partial charge in [-0.3, -0.25) is 9.48 Å². The van der Waals surface area contributed by atoms with Gasteiger partial charge in [-0.1, -0.05) is 6.92 Å². The number of nitrogens with zero attached hydrogens (tertiary/aromatic N) is 3. The van der Waals surface area contributed by atoms with E-state index in [1.165, 1.54) is 11.8 Å². The molecule has 0 aromatic carbocycles. The highest BCUT2D eigenvalue weighted by Gasteiger charge is 2.17. The molecule has 0 aliphatic rings. The first-order valence-corrected chi connectivity index (χ1v) is 5.75. The number of hydrogen-bond donors (Lipinski definition) is 1. The molecule has 0 spiro atoms. The summed E-state index contributed by atoms with van der Waals surface area (Å²) in [5.74, 6) is -0.833. The van der Waals surface area contributed by atoms with Gasteiger partial charge in [0.2, 0.25) is 0 Å². The largest absolute Gasteiger partial charge is 0.481 e. The summed E-state index contributed by atoms with van der Waals surface area (Å²) in [6.07, 6.45) is 0. The summed E-state index contributed by atoms with van der Waals surface area (Å²) in [4.78, 5) is 10.7. The second kappa shape index (κ2) is 5.03. The summed E-state index contributed by atoms with van der Waals surface area (Å²) in [7, 11) is 1.75. The van der Waals surface area contributed by atoms with Crippen LogP contribution in [0.15, 0.2) is 5.03 Å². The number of carboxylic acids is 1. The highest BCUT2D eigenvalue weighted by atomic mass is 32.2. The Bertz CT molecular complexity index is 448. The molecule has 0 aliphatic heterocycles. The smallest absolute Gasteiger partial charge is 0.307 e. The molecule has 1 aromatic heterocycles. The van der Waals surface area contributed by atoms with Crippen molar-refractivity contribution in [1.82, 2.24) is 9.78 Å². The van der Waals surface area contributed by atoms with E-state index in [4.69, 9.17) is 10.4 Å². The number of carboxylic acid groups (broad SMARTS) is 1. The number of nitriles is 1. The minimum Gasteiger partial charge on any atom is -0.481 e. The Balaban J connectivity index is 2.82. The van der Waals surface area contributed by atoms with Crippen molar-refractivity contribution >= 4 is 17.7 Å². The van der Waals surface area contributed by atoms with Gasteiger partial charge in [0, 0.05) is 12.8 Å². The average molecular weight is 239 g/mol. The van der Waals surface area contributed by atoms with Gasteiger partial charge < -0.3 is 5.11 Å². The predicted octanol–water partition coefficient (Wildman–Crippen LogP) is 1.41. The Kier molecular flexibility index (Phi) is 3.96. The van der Waals surface area contributed by atoms with E-state index < -0.39 is 11.9 Å². The van der Waals surface area contributed by atoms with Gasteiger partial charge in [-0.05, 0) is 6.92 Å². The van der Waals surface area contributed by atoms with E-state index >= 15 is 0 Å². The van der Waals surface area contributed by atoms with Crippen molar-refractivity contribution in [2.24, 2.45) is 13.0 Å². The lowest BCUT2D eigenvalue weighted by Gasteiger charge is -2.05. The normalized spacial score (nSPS) is 12.1. The topological polar surface area (TPSA) is 78.9 Å². The van der Waals surface area contributed by atoms with Crippen molar-refractivity contribution in [3.63, 3.8) is 0 Å². The van der Waals surface area contributed by atoms with E-state index in [0.717, 1.165) is 5.03 Å². The van der Waals surface area contributed by atoms with Gasteiger partial charge >= 0.3 is 5.97 Å². The van der Waals surface area contributed by atoms with Crippen LogP contribution in [0.5, 0.6) is 0 Å². The van der Waals surface area contributed by atoms with Crippen molar-refractivity contribution in [2.45, 2.75) is 18.9 Å². The summed E-state index contributed by atoms with van der Waals surface area (Å²) >= 11 is 1.35. The van der Waals surface area contributed by atoms with Crippen LogP contribution in [-0.4, -0.2) is 26.6 Å². The van der Waals surface area contributed by atoms with Crippen molar-refractivity contribution in [1.29, 1.82) is 5.26 Å². The molecule has 1 aromatic rings. The first-order valence-electron chi connectivity index (χ1n) is 4.76.